The molecule has 23 heavy (non-hydrogen) atoms. The van der Waals surface area contributed by atoms with Crippen LogP contribution >= 0.6 is 0 Å². The van der Waals surface area contributed by atoms with Crippen molar-refractivity contribution in [3.05, 3.63) is 59.4 Å². The molecule has 0 fully saturated rings. The second kappa shape index (κ2) is 6.95. The number of nitrogens with zero attached hydrogens (tertiary/aromatic N) is 1. The molecule has 0 unspecified atom stereocenters. The van der Waals surface area contributed by atoms with E-state index in [0.717, 1.165) is 24.3 Å². The highest BCUT2D eigenvalue weighted by Crippen LogP contribution is 2.27. The Kier molecular flexibility index (Phi) is 5.00. The third-order valence-electron chi connectivity index (χ3n) is 3.14. The number of aliphatic imine (C=N–C) groups is 1. The zero-order chi connectivity index (χ0) is 17.0. The van der Waals surface area contributed by atoms with Crippen molar-refractivity contribution in [3.8, 4) is 11.1 Å². The number of hydrogen-bond donors (Lipinski definition) is 1. The fourth-order valence-electron chi connectivity index (χ4n) is 2.03. The number of carbonyl (C=O) groups excluding carboxylic acids is 1. The lowest BCUT2D eigenvalue weighted by molar-refractivity contribution is 0.173. The van der Waals surface area contributed by atoms with Crippen LogP contribution in [0.1, 0.15) is 5.56 Å². The number of benzene rings is 2. The van der Waals surface area contributed by atoms with E-state index in [1.54, 1.807) is 0 Å². The Morgan fingerprint density at radius 1 is 1.09 bits per heavy atom. The zero-order valence-electron chi connectivity index (χ0n) is 12.1. The Bertz CT molecular complexity index is 776. The van der Waals surface area contributed by atoms with E-state index in [-0.39, 0.29) is 23.4 Å². The van der Waals surface area contributed by atoms with Gasteiger partial charge in [-0.3, -0.25) is 4.99 Å². The Morgan fingerprint density at radius 3 is 2.43 bits per heavy atom. The molecule has 120 valence electrons. The summed E-state index contributed by atoms with van der Waals surface area (Å²) in [4.78, 5) is 14.5. The van der Waals surface area contributed by atoms with Gasteiger partial charge in [0.05, 0.1) is 5.71 Å². The van der Waals surface area contributed by atoms with Gasteiger partial charge in [-0.05, 0) is 24.3 Å². The smallest absolute Gasteiger partial charge is 0.404 e. The van der Waals surface area contributed by atoms with E-state index >= 15 is 0 Å². The molecular weight excluding hydrogens is 309 g/mol. The molecule has 2 rings (SSSR count). The lowest BCUT2D eigenvalue weighted by Gasteiger charge is -2.10. The number of primary amides is 1. The minimum atomic E-state index is -0.981. The predicted molar refractivity (Wildman–Crippen MR) is 79.7 cm³/mol. The molecule has 0 aromatic heterocycles. The third-order valence-corrected chi connectivity index (χ3v) is 3.14. The molecule has 0 aliphatic carbocycles. The van der Waals surface area contributed by atoms with Crippen molar-refractivity contribution in [2.24, 2.45) is 10.7 Å². The first kappa shape index (κ1) is 16.5. The lowest BCUT2D eigenvalue weighted by atomic mass is 10.0. The van der Waals surface area contributed by atoms with Crippen LogP contribution in [0.5, 0.6) is 0 Å². The molecule has 0 saturated carbocycles. The number of carbonyl (C=O) groups is 1. The van der Waals surface area contributed by atoms with E-state index in [0.29, 0.717) is 5.56 Å². The first-order chi connectivity index (χ1) is 10.9. The highest BCUT2D eigenvalue weighted by Gasteiger charge is 2.14. The van der Waals surface area contributed by atoms with Crippen molar-refractivity contribution < 1.29 is 22.7 Å². The molecule has 0 atom stereocenters. The molecule has 0 bridgehead atoms. The molecule has 0 aliphatic heterocycles. The van der Waals surface area contributed by atoms with E-state index in [2.05, 4.69) is 9.73 Å². The molecule has 2 N–H and O–H groups in total. The Hall–Kier alpha value is -2.83. The van der Waals surface area contributed by atoms with Crippen molar-refractivity contribution in [2.45, 2.75) is 0 Å². The average molecular weight is 322 g/mol. The first-order valence-corrected chi connectivity index (χ1v) is 6.55. The maximum absolute atomic E-state index is 14.3. The Labute approximate surface area is 130 Å². The maximum Gasteiger partial charge on any atom is 0.404 e. The third kappa shape index (κ3) is 3.88. The maximum atomic E-state index is 14.3. The first-order valence-electron chi connectivity index (χ1n) is 6.55. The zero-order valence-corrected chi connectivity index (χ0v) is 12.1. The fourth-order valence-corrected chi connectivity index (χ4v) is 2.03. The fraction of sp³-hybridized carbons (Fsp3) is 0.125. The molecule has 0 heterocycles. The van der Waals surface area contributed by atoms with E-state index in [1.165, 1.54) is 19.2 Å². The van der Waals surface area contributed by atoms with Crippen molar-refractivity contribution in [2.75, 3.05) is 13.7 Å². The summed E-state index contributed by atoms with van der Waals surface area (Å²) in [6.45, 7) is -0.223. The van der Waals surface area contributed by atoms with Gasteiger partial charge in [-0.15, -0.1) is 0 Å². The van der Waals surface area contributed by atoms with E-state index in [1.807, 2.05) is 0 Å². The quantitative estimate of drug-likeness (QED) is 0.878. The molecule has 0 saturated heterocycles. The summed E-state index contributed by atoms with van der Waals surface area (Å²) in [5, 5.41) is 0. The summed E-state index contributed by atoms with van der Waals surface area (Å²) in [5.74, 6) is -2.16. The van der Waals surface area contributed by atoms with Crippen molar-refractivity contribution in [3.63, 3.8) is 0 Å². The number of halogens is 3. The summed E-state index contributed by atoms with van der Waals surface area (Å²) >= 11 is 0. The number of nitrogens with two attached hydrogens (primary N) is 1. The minimum Gasteiger partial charge on any atom is -0.443 e. The van der Waals surface area contributed by atoms with Crippen LogP contribution < -0.4 is 5.73 Å². The molecule has 0 radical (unpaired) electrons. The van der Waals surface area contributed by atoms with Gasteiger partial charge in [-0.25, -0.2) is 18.0 Å². The van der Waals surface area contributed by atoms with Crippen LogP contribution in [-0.4, -0.2) is 25.5 Å². The van der Waals surface area contributed by atoms with Crippen molar-refractivity contribution in [1.29, 1.82) is 0 Å². The van der Waals surface area contributed by atoms with Crippen LogP contribution in [0.2, 0.25) is 0 Å². The van der Waals surface area contributed by atoms with Gasteiger partial charge in [0.2, 0.25) is 0 Å². The Balaban J connectivity index is 2.37. The molecule has 2 aromatic rings. The van der Waals surface area contributed by atoms with Gasteiger partial charge in [0, 0.05) is 23.7 Å². The topological polar surface area (TPSA) is 64.7 Å². The highest BCUT2D eigenvalue weighted by molar-refractivity contribution is 6.02. The molecule has 0 spiro atoms. The number of ether oxygens (including phenoxy) is 1. The normalized spacial score (nSPS) is 11.4. The largest absolute Gasteiger partial charge is 0.443 e. The van der Waals surface area contributed by atoms with E-state index in [4.69, 9.17) is 5.73 Å². The standard InChI is InChI=1S/C16H13F3N2O2/c1-21-15(8-23-16(20)22)9-2-4-11(14(19)6-9)12-7-10(17)3-5-13(12)18/h2-7H,8H2,1H3,(H2,20,22). The average Bonchev–Trinajstić information content (AvgIpc) is 2.50. The summed E-state index contributed by atoms with van der Waals surface area (Å²) in [6, 6.07) is 6.67. The number of amides is 1. The molecule has 1 amide bonds. The van der Waals surface area contributed by atoms with Crippen LogP contribution in [-0.2, 0) is 4.74 Å². The van der Waals surface area contributed by atoms with Gasteiger partial charge in [0.1, 0.15) is 24.1 Å². The van der Waals surface area contributed by atoms with Crippen molar-refractivity contribution in [1.82, 2.24) is 0 Å². The second-order valence-electron chi connectivity index (χ2n) is 4.60. The highest BCUT2D eigenvalue weighted by atomic mass is 19.1. The summed E-state index contributed by atoms with van der Waals surface area (Å²) in [5.41, 5.74) is 5.22. The van der Waals surface area contributed by atoms with Crippen molar-refractivity contribution >= 4 is 11.8 Å². The van der Waals surface area contributed by atoms with Crippen LogP contribution in [0.25, 0.3) is 11.1 Å². The van der Waals surface area contributed by atoms with Crippen LogP contribution in [0, 0.1) is 17.5 Å². The van der Waals surface area contributed by atoms with Gasteiger partial charge in [0.15, 0.2) is 0 Å². The van der Waals surface area contributed by atoms with Crippen LogP contribution in [0.4, 0.5) is 18.0 Å². The molecular formula is C16H13F3N2O2. The predicted octanol–water partition coefficient (Wildman–Crippen LogP) is 3.29. The number of hydrogen-bond acceptors (Lipinski definition) is 3. The molecule has 4 nitrogen and oxygen atoms in total. The van der Waals surface area contributed by atoms with E-state index < -0.39 is 23.5 Å². The molecule has 7 heteroatoms. The van der Waals surface area contributed by atoms with Gasteiger partial charge < -0.3 is 10.5 Å². The molecule has 2 aromatic carbocycles. The number of rotatable bonds is 4. The van der Waals surface area contributed by atoms with E-state index in [9.17, 15) is 18.0 Å². The summed E-state index contributed by atoms with van der Waals surface area (Å²) in [7, 11) is 1.44. The second-order valence-corrected chi connectivity index (χ2v) is 4.60. The minimum absolute atomic E-state index is 0.0861. The van der Waals surface area contributed by atoms with Crippen LogP contribution in [0.15, 0.2) is 41.4 Å². The van der Waals surface area contributed by atoms with Gasteiger partial charge >= 0.3 is 6.09 Å². The van der Waals surface area contributed by atoms with Gasteiger partial charge in [0.25, 0.3) is 0 Å². The lowest BCUT2D eigenvalue weighted by Crippen LogP contribution is -2.19. The summed E-state index contributed by atoms with van der Waals surface area (Å²) in [6.07, 6.45) is -0.981. The monoisotopic (exact) mass is 322 g/mol. The molecule has 0 aliphatic rings. The Morgan fingerprint density at radius 2 is 1.83 bits per heavy atom. The SMILES string of the molecule is CN=C(COC(N)=O)c1ccc(-c2cc(F)ccc2F)c(F)c1. The summed E-state index contributed by atoms with van der Waals surface area (Å²) < 4.78 is 45.9. The van der Waals surface area contributed by atoms with Crippen LogP contribution in [0.3, 0.4) is 0 Å². The van der Waals surface area contributed by atoms with Gasteiger partial charge in [-0.1, -0.05) is 12.1 Å². The van der Waals surface area contributed by atoms with Gasteiger partial charge in [-0.2, -0.15) is 0 Å².